The molecule has 27 heavy (non-hydrogen) atoms. The molecule has 142 valence electrons. The Bertz CT molecular complexity index is 819. The highest BCUT2D eigenvalue weighted by atomic mass is 15.3. The van der Waals surface area contributed by atoms with Crippen molar-refractivity contribution in [1.82, 2.24) is 15.3 Å². The summed E-state index contributed by atoms with van der Waals surface area (Å²) >= 11 is 0. The molecule has 0 amide bonds. The third-order valence-corrected chi connectivity index (χ3v) is 4.82. The topological polar surface area (TPSA) is 103 Å². The SMILES string of the molecule is Cc1nc(N2CCCNCC2)nc(Nc2ccc(/C(C=N)=C/N)cc2)c1C. The van der Waals surface area contributed by atoms with E-state index in [-0.39, 0.29) is 0 Å². The fourth-order valence-corrected chi connectivity index (χ4v) is 3.03. The van der Waals surface area contributed by atoms with Crippen LogP contribution in [0, 0.1) is 19.3 Å². The number of aromatic nitrogens is 2. The average Bonchev–Trinajstić information content (AvgIpc) is 2.97. The van der Waals surface area contributed by atoms with E-state index in [2.05, 4.69) is 15.5 Å². The summed E-state index contributed by atoms with van der Waals surface area (Å²) in [7, 11) is 0. The van der Waals surface area contributed by atoms with Gasteiger partial charge in [-0.3, -0.25) is 0 Å². The monoisotopic (exact) mass is 365 g/mol. The second-order valence-electron chi connectivity index (χ2n) is 6.64. The van der Waals surface area contributed by atoms with Crippen LogP contribution in [0.15, 0.2) is 30.5 Å². The van der Waals surface area contributed by atoms with Crippen LogP contribution < -0.4 is 21.3 Å². The van der Waals surface area contributed by atoms with Crippen LogP contribution >= 0.6 is 0 Å². The van der Waals surface area contributed by atoms with E-state index in [1.807, 2.05) is 38.1 Å². The maximum Gasteiger partial charge on any atom is 0.227 e. The summed E-state index contributed by atoms with van der Waals surface area (Å²) in [5.41, 5.74) is 10.1. The van der Waals surface area contributed by atoms with Crippen LogP contribution in [0.5, 0.6) is 0 Å². The molecule has 0 saturated carbocycles. The predicted octanol–water partition coefficient (Wildman–Crippen LogP) is 2.59. The van der Waals surface area contributed by atoms with E-state index in [1.54, 1.807) is 0 Å². The molecule has 1 aromatic heterocycles. The van der Waals surface area contributed by atoms with Crippen LogP contribution in [0.1, 0.15) is 23.2 Å². The number of hydrogen-bond acceptors (Lipinski definition) is 7. The van der Waals surface area contributed by atoms with Gasteiger partial charge in [0.1, 0.15) is 5.82 Å². The van der Waals surface area contributed by atoms with Crippen LogP contribution in [-0.2, 0) is 0 Å². The van der Waals surface area contributed by atoms with Gasteiger partial charge < -0.3 is 26.7 Å². The molecule has 3 rings (SSSR count). The molecule has 2 aromatic rings. The van der Waals surface area contributed by atoms with Crippen molar-refractivity contribution in [3.05, 3.63) is 47.3 Å². The summed E-state index contributed by atoms with van der Waals surface area (Å²) in [5.74, 6) is 1.60. The first kappa shape index (κ1) is 18.8. The highest BCUT2D eigenvalue weighted by Gasteiger charge is 2.15. The minimum absolute atomic E-state index is 0.688. The zero-order chi connectivity index (χ0) is 19.2. The number of rotatable bonds is 5. The molecule has 1 aromatic carbocycles. The summed E-state index contributed by atoms with van der Waals surface area (Å²) < 4.78 is 0. The van der Waals surface area contributed by atoms with Crippen LogP contribution in [0.25, 0.3) is 5.57 Å². The van der Waals surface area contributed by atoms with Crippen molar-refractivity contribution in [2.75, 3.05) is 36.4 Å². The second kappa shape index (κ2) is 8.64. The molecule has 1 aliphatic rings. The lowest BCUT2D eigenvalue weighted by Gasteiger charge is -2.22. The molecule has 0 spiro atoms. The van der Waals surface area contributed by atoms with Gasteiger partial charge in [0.25, 0.3) is 0 Å². The fourth-order valence-electron chi connectivity index (χ4n) is 3.03. The van der Waals surface area contributed by atoms with Crippen LogP contribution in [0.4, 0.5) is 17.5 Å². The zero-order valence-electron chi connectivity index (χ0n) is 15.9. The molecule has 0 aliphatic carbocycles. The molecule has 2 heterocycles. The van der Waals surface area contributed by atoms with Gasteiger partial charge in [-0.25, -0.2) is 4.98 Å². The molecule has 5 N–H and O–H groups in total. The van der Waals surface area contributed by atoms with Crippen molar-refractivity contribution in [3.8, 4) is 0 Å². The van der Waals surface area contributed by atoms with Gasteiger partial charge in [0.15, 0.2) is 0 Å². The fraction of sp³-hybridized carbons (Fsp3) is 0.350. The van der Waals surface area contributed by atoms with E-state index >= 15 is 0 Å². The molecule has 1 saturated heterocycles. The van der Waals surface area contributed by atoms with E-state index in [4.69, 9.17) is 21.1 Å². The Labute approximate surface area is 160 Å². The maximum atomic E-state index is 7.40. The third kappa shape index (κ3) is 4.43. The molecule has 0 unspecified atom stereocenters. The Hall–Kier alpha value is -2.93. The molecular formula is C20H27N7. The van der Waals surface area contributed by atoms with E-state index in [9.17, 15) is 0 Å². The number of hydrogen-bond donors (Lipinski definition) is 4. The van der Waals surface area contributed by atoms with Crippen molar-refractivity contribution in [3.63, 3.8) is 0 Å². The summed E-state index contributed by atoms with van der Waals surface area (Å²) in [6, 6.07) is 7.82. The maximum absolute atomic E-state index is 7.40. The number of allylic oxidation sites excluding steroid dienone is 1. The van der Waals surface area contributed by atoms with Crippen LogP contribution in [0.2, 0.25) is 0 Å². The summed E-state index contributed by atoms with van der Waals surface area (Å²) in [6.45, 7) is 7.91. The van der Waals surface area contributed by atoms with Gasteiger partial charge in [-0.05, 0) is 44.5 Å². The van der Waals surface area contributed by atoms with Crippen LogP contribution in [0.3, 0.4) is 0 Å². The Balaban J connectivity index is 1.84. The van der Waals surface area contributed by atoms with Crippen molar-refractivity contribution in [2.45, 2.75) is 20.3 Å². The first-order chi connectivity index (χ1) is 13.1. The van der Waals surface area contributed by atoms with Crippen molar-refractivity contribution in [1.29, 1.82) is 5.41 Å². The van der Waals surface area contributed by atoms with Gasteiger partial charge >= 0.3 is 0 Å². The molecule has 0 bridgehead atoms. The first-order valence-corrected chi connectivity index (χ1v) is 9.23. The predicted molar refractivity (Wildman–Crippen MR) is 112 cm³/mol. The molecule has 0 atom stereocenters. The smallest absolute Gasteiger partial charge is 0.227 e. The van der Waals surface area contributed by atoms with E-state index in [0.29, 0.717) is 5.57 Å². The van der Waals surface area contributed by atoms with Gasteiger partial charge in [-0.2, -0.15) is 4.98 Å². The summed E-state index contributed by atoms with van der Waals surface area (Å²) in [4.78, 5) is 11.7. The lowest BCUT2D eigenvalue weighted by molar-refractivity contribution is 0.724. The summed E-state index contributed by atoms with van der Waals surface area (Å²) in [6.07, 6.45) is 3.78. The largest absolute Gasteiger partial charge is 0.404 e. The third-order valence-electron chi connectivity index (χ3n) is 4.82. The number of anilines is 3. The second-order valence-corrected chi connectivity index (χ2v) is 6.64. The number of benzene rings is 1. The first-order valence-electron chi connectivity index (χ1n) is 9.23. The Morgan fingerprint density at radius 3 is 2.67 bits per heavy atom. The highest BCUT2D eigenvalue weighted by molar-refractivity contribution is 6.08. The molecule has 1 fully saturated rings. The highest BCUT2D eigenvalue weighted by Crippen LogP contribution is 2.24. The molecule has 7 nitrogen and oxygen atoms in total. The van der Waals surface area contributed by atoms with Gasteiger partial charge in [-0.1, -0.05) is 12.1 Å². The molecule has 0 radical (unpaired) electrons. The van der Waals surface area contributed by atoms with Crippen molar-refractivity contribution < 1.29 is 0 Å². The van der Waals surface area contributed by atoms with Gasteiger partial charge in [0, 0.05) is 54.6 Å². The van der Waals surface area contributed by atoms with Gasteiger partial charge in [-0.15, -0.1) is 0 Å². The van der Waals surface area contributed by atoms with E-state index < -0.39 is 0 Å². The number of nitrogens with two attached hydrogens (primary N) is 1. The Morgan fingerprint density at radius 2 is 1.96 bits per heavy atom. The number of nitrogens with zero attached hydrogens (tertiary/aromatic N) is 3. The Kier molecular flexibility index (Phi) is 6.03. The average molecular weight is 365 g/mol. The summed E-state index contributed by atoms with van der Waals surface area (Å²) in [5, 5.41) is 14.2. The minimum Gasteiger partial charge on any atom is -0.404 e. The van der Waals surface area contributed by atoms with E-state index in [1.165, 1.54) is 12.4 Å². The van der Waals surface area contributed by atoms with Crippen LogP contribution in [-0.4, -0.2) is 42.4 Å². The van der Waals surface area contributed by atoms with Gasteiger partial charge in [0.05, 0.1) is 0 Å². The molecule has 7 heteroatoms. The lowest BCUT2D eigenvalue weighted by atomic mass is 10.1. The minimum atomic E-state index is 0.688. The van der Waals surface area contributed by atoms with Gasteiger partial charge in [0.2, 0.25) is 5.95 Å². The normalized spacial score (nSPS) is 15.3. The lowest BCUT2D eigenvalue weighted by Crippen LogP contribution is -2.30. The Morgan fingerprint density at radius 1 is 1.19 bits per heavy atom. The van der Waals surface area contributed by atoms with Crippen molar-refractivity contribution in [2.24, 2.45) is 5.73 Å². The molecular weight excluding hydrogens is 338 g/mol. The zero-order valence-corrected chi connectivity index (χ0v) is 15.9. The quantitative estimate of drug-likeness (QED) is 0.607. The van der Waals surface area contributed by atoms with E-state index in [0.717, 1.165) is 66.9 Å². The standard InChI is InChI=1S/C20H27N7/c1-14-15(2)24-20(27-10-3-8-23-9-11-27)26-19(14)25-18-6-4-16(5-7-18)17(12-21)13-22/h4-7,12-13,21,23H,3,8-11,22H2,1-2H3,(H,24,25,26)/b17-13+,21-12?. The molecule has 1 aliphatic heterocycles. The van der Waals surface area contributed by atoms with Crippen molar-refractivity contribution >= 4 is 29.2 Å². The number of nitrogens with one attached hydrogen (secondary N) is 3. The number of aryl methyl sites for hydroxylation is 1.